The molecule has 1 saturated carbocycles. The monoisotopic (exact) mass is 703 g/mol. The normalized spacial score (nSPS) is 16.3. The van der Waals surface area contributed by atoms with E-state index in [2.05, 4.69) is 77.3 Å². The van der Waals surface area contributed by atoms with Crippen molar-refractivity contribution in [3.8, 4) is 0 Å². The quantitative estimate of drug-likeness (QED) is 0.134. The summed E-state index contributed by atoms with van der Waals surface area (Å²) >= 11 is 3.55. The highest BCUT2D eigenvalue weighted by molar-refractivity contribution is 9.10. The maximum absolute atomic E-state index is 13.4. The molecule has 1 spiro atoms. The Hall–Kier alpha value is -3.86. The zero-order chi connectivity index (χ0) is 32.6. The van der Waals surface area contributed by atoms with E-state index in [1.165, 1.54) is 18.9 Å². The predicted octanol–water partition coefficient (Wildman–Crippen LogP) is 6.35. The molecule has 13 heteroatoms. The molecule has 2 aliphatic rings. The van der Waals surface area contributed by atoms with Gasteiger partial charge in [0, 0.05) is 43.4 Å². The van der Waals surface area contributed by atoms with E-state index in [0.717, 1.165) is 31.6 Å². The lowest BCUT2D eigenvalue weighted by atomic mass is 9.60. The number of rotatable bonds is 9. The summed E-state index contributed by atoms with van der Waals surface area (Å²) in [5, 5.41) is 10.2. The van der Waals surface area contributed by atoms with Crippen LogP contribution in [0.3, 0.4) is 0 Å². The van der Waals surface area contributed by atoms with Gasteiger partial charge in [0.2, 0.25) is 11.9 Å². The molecule has 46 heavy (non-hydrogen) atoms. The van der Waals surface area contributed by atoms with E-state index >= 15 is 0 Å². The smallest absolute Gasteiger partial charge is 0.247 e. The maximum atomic E-state index is 13.4. The molecule has 0 atom stereocenters. The van der Waals surface area contributed by atoms with Crippen molar-refractivity contribution in [2.45, 2.75) is 31.7 Å². The number of anilines is 6. The summed E-state index contributed by atoms with van der Waals surface area (Å²) in [5.74, 6) is 0.561. The molecule has 1 saturated heterocycles. The van der Waals surface area contributed by atoms with Crippen LogP contribution in [0.5, 0.6) is 0 Å². The van der Waals surface area contributed by atoms with Gasteiger partial charge in [-0.3, -0.25) is 14.8 Å². The van der Waals surface area contributed by atoms with Crippen molar-refractivity contribution in [3.63, 3.8) is 0 Å². The van der Waals surface area contributed by atoms with Crippen LogP contribution < -0.4 is 26.2 Å². The van der Waals surface area contributed by atoms with Gasteiger partial charge in [0.1, 0.15) is 18.5 Å². The molecule has 240 valence electrons. The Bertz CT molecular complexity index is 1840. The molecule has 6 rings (SSSR count). The third-order valence-electron chi connectivity index (χ3n) is 9.08. The molecular weight excluding hydrogens is 665 g/mol. The van der Waals surface area contributed by atoms with E-state index in [9.17, 15) is 9.36 Å². The van der Waals surface area contributed by atoms with Crippen molar-refractivity contribution in [1.29, 1.82) is 0 Å². The van der Waals surface area contributed by atoms with Crippen molar-refractivity contribution >= 4 is 79.8 Å². The second-order valence-electron chi connectivity index (χ2n) is 12.8. The van der Waals surface area contributed by atoms with E-state index in [1.54, 1.807) is 31.9 Å². The Morgan fingerprint density at radius 3 is 2.50 bits per heavy atom. The topological polar surface area (TPSA) is 128 Å². The zero-order valence-electron chi connectivity index (χ0n) is 26.5. The molecule has 0 bridgehead atoms. The molecule has 1 amide bonds. The first-order valence-electron chi connectivity index (χ1n) is 15.3. The predicted molar refractivity (Wildman–Crippen MR) is 191 cm³/mol. The fraction of sp³-hybridized carbons (Fsp3) is 0.364. The summed E-state index contributed by atoms with van der Waals surface area (Å²) in [6.07, 6.45) is 10.9. The van der Waals surface area contributed by atoms with Gasteiger partial charge in [0.25, 0.3) is 0 Å². The maximum Gasteiger partial charge on any atom is 0.247 e. The number of carbonyl (C=O) groups excluding carboxylic acids is 1. The first-order chi connectivity index (χ1) is 21.9. The van der Waals surface area contributed by atoms with Crippen molar-refractivity contribution in [2.75, 3.05) is 61.4 Å². The number of nitrogens with zero attached hydrogens (tertiary/aromatic N) is 6. The average molecular weight is 705 g/mol. The van der Waals surface area contributed by atoms with E-state index in [4.69, 9.17) is 4.98 Å². The van der Waals surface area contributed by atoms with Gasteiger partial charge in [-0.25, -0.2) is 4.98 Å². The molecule has 1 aliphatic carbocycles. The van der Waals surface area contributed by atoms with Gasteiger partial charge in [-0.15, -0.1) is 0 Å². The van der Waals surface area contributed by atoms with Crippen LogP contribution in [0.25, 0.3) is 11.0 Å². The van der Waals surface area contributed by atoms with Crippen LogP contribution in [-0.2, 0) is 9.36 Å². The van der Waals surface area contributed by atoms with Crippen LogP contribution in [0.15, 0.2) is 66.1 Å². The first-order valence-corrected chi connectivity index (χ1v) is 18.7. The second kappa shape index (κ2) is 12.7. The van der Waals surface area contributed by atoms with Crippen LogP contribution in [-0.4, -0.2) is 77.3 Å². The summed E-state index contributed by atoms with van der Waals surface area (Å²) in [6.45, 7) is 8.95. The highest BCUT2D eigenvalue weighted by atomic mass is 79.9. The SMILES string of the molecule is C=CC(=O)Nc1cc(Nc2ncc(Br)c(Nc3ccc4nccnc4c3P(C)(C)=O)n2)ccc1N1CCC2(CC1)CC(N(C)C)C2. The van der Waals surface area contributed by atoms with Crippen molar-refractivity contribution < 1.29 is 9.36 Å². The molecular formula is C33H39BrN9O2P. The largest absolute Gasteiger partial charge is 0.370 e. The number of carbonyl (C=O) groups is 1. The molecule has 2 fully saturated rings. The number of nitrogens with one attached hydrogen (secondary N) is 3. The van der Waals surface area contributed by atoms with E-state index in [-0.39, 0.29) is 5.91 Å². The van der Waals surface area contributed by atoms with Crippen molar-refractivity contribution in [2.24, 2.45) is 5.41 Å². The average Bonchev–Trinajstić information content (AvgIpc) is 3.01. The Morgan fingerprint density at radius 1 is 1.07 bits per heavy atom. The zero-order valence-corrected chi connectivity index (χ0v) is 29.0. The van der Waals surface area contributed by atoms with E-state index < -0.39 is 7.14 Å². The highest BCUT2D eigenvalue weighted by Gasteiger charge is 2.46. The van der Waals surface area contributed by atoms with Crippen LogP contribution in [0.4, 0.5) is 34.5 Å². The molecule has 4 aromatic rings. The summed E-state index contributed by atoms with van der Waals surface area (Å²) in [7, 11) is 1.58. The van der Waals surface area contributed by atoms with Crippen LogP contribution in [0.1, 0.15) is 25.7 Å². The Morgan fingerprint density at radius 2 is 1.80 bits per heavy atom. The number of hydrogen-bond acceptors (Lipinski definition) is 10. The van der Waals surface area contributed by atoms with Crippen LogP contribution >= 0.6 is 23.1 Å². The van der Waals surface area contributed by atoms with Crippen molar-refractivity contribution in [1.82, 2.24) is 24.8 Å². The minimum absolute atomic E-state index is 0.272. The summed E-state index contributed by atoms with van der Waals surface area (Å²) in [5.41, 5.74) is 4.72. The second-order valence-corrected chi connectivity index (χ2v) is 16.8. The Kier molecular flexibility index (Phi) is 8.89. The standard InChI is InChI=1S/C33H39BrN9O2P/c1-6-28(44)39-26-17-21(7-10-27(26)43-15-11-33(12-16-43)18-22(19-33)42(2)3)38-32-37-20-23(34)31(41-32)40-25-9-8-24-29(36-14-13-35-24)30(25)46(4,5)45/h6-10,13-14,17,20,22H,1,11-12,15-16,18-19H2,2-5H3,(H,39,44)(H2,37,38,40,41). The van der Waals surface area contributed by atoms with E-state index in [1.807, 2.05) is 30.3 Å². The molecule has 1 aliphatic heterocycles. The fourth-order valence-electron chi connectivity index (χ4n) is 6.55. The van der Waals surface area contributed by atoms with Gasteiger partial charge in [0.05, 0.1) is 32.4 Å². The summed E-state index contributed by atoms with van der Waals surface area (Å²) in [4.78, 5) is 35.2. The lowest BCUT2D eigenvalue weighted by molar-refractivity contribution is -0.111. The lowest BCUT2D eigenvalue weighted by Crippen LogP contribution is -2.53. The minimum Gasteiger partial charge on any atom is -0.370 e. The van der Waals surface area contributed by atoms with Gasteiger partial charge >= 0.3 is 0 Å². The molecule has 0 unspecified atom stereocenters. The number of fused-ring (bicyclic) bond motifs is 1. The molecule has 2 aromatic heterocycles. The fourth-order valence-corrected chi connectivity index (χ4v) is 8.23. The third-order valence-corrected chi connectivity index (χ3v) is 11.2. The van der Waals surface area contributed by atoms with Gasteiger partial charge in [-0.2, -0.15) is 4.98 Å². The molecule has 11 nitrogen and oxygen atoms in total. The summed E-state index contributed by atoms with van der Waals surface area (Å²) < 4.78 is 14.0. The Balaban J connectivity index is 1.24. The Labute approximate surface area is 277 Å². The number of amides is 1. The summed E-state index contributed by atoms with van der Waals surface area (Å²) in [6, 6.07) is 10.3. The lowest BCUT2D eigenvalue weighted by Gasteiger charge is -2.54. The molecule has 3 N–H and O–H groups in total. The van der Waals surface area contributed by atoms with Gasteiger partial charge in [-0.1, -0.05) is 6.58 Å². The van der Waals surface area contributed by atoms with Gasteiger partial charge < -0.3 is 30.3 Å². The van der Waals surface area contributed by atoms with Crippen molar-refractivity contribution in [3.05, 3.63) is 66.1 Å². The van der Waals surface area contributed by atoms with Crippen LogP contribution in [0, 0.1) is 5.41 Å². The molecule has 2 aromatic carbocycles. The van der Waals surface area contributed by atoms with Gasteiger partial charge in [-0.05, 0) is 111 Å². The van der Waals surface area contributed by atoms with E-state index in [0.29, 0.717) is 61.1 Å². The number of hydrogen-bond donors (Lipinski definition) is 3. The first kappa shape index (κ1) is 32.1. The van der Waals surface area contributed by atoms with Crippen LogP contribution in [0.2, 0.25) is 0 Å². The number of benzene rings is 2. The van der Waals surface area contributed by atoms with Gasteiger partial charge in [0.15, 0.2) is 0 Å². The molecule has 3 heterocycles. The highest BCUT2D eigenvalue weighted by Crippen LogP contribution is 2.51. The minimum atomic E-state index is -2.76. The third kappa shape index (κ3) is 6.65. The number of aromatic nitrogens is 4. The number of halogens is 1. The number of piperidine rings is 1. The molecule has 0 radical (unpaired) electrons.